The molecule has 3 aromatic carbocycles. The highest BCUT2D eigenvalue weighted by atomic mass is 16.5. The number of para-hydroxylation sites is 1. The van der Waals surface area contributed by atoms with Gasteiger partial charge < -0.3 is 9.84 Å². The van der Waals surface area contributed by atoms with Gasteiger partial charge in [0.2, 0.25) is 0 Å². The van der Waals surface area contributed by atoms with Crippen LogP contribution in [-0.2, 0) is 0 Å². The Hall–Kier alpha value is -3.07. The number of phenolic OH excluding ortho intramolecular Hbond substituents is 1. The molecule has 0 spiro atoms. The highest BCUT2D eigenvalue weighted by molar-refractivity contribution is 6.09. The lowest BCUT2D eigenvalue weighted by molar-refractivity contribution is 0.420. The minimum atomic E-state index is 0.228. The molecule has 3 nitrogen and oxygen atoms in total. The Labute approximate surface area is 133 Å². The van der Waals surface area contributed by atoms with Gasteiger partial charge in [0.25, 0.3) is 0 Å². The van der Waals surface area contributed by atoms with Gasteiger partial charge in [-0.15, -0.1) is 0 Å². The highest BCUT2D eigenvalue weighted by Crippen LogP contribution is 2.34. The third-order valence-corrected chi connectivity index (χ3v) is 4.06. The van der Waals surface area contributed by atoms with Crippen molar-refractivity contribution in [3.8, 4) is 22.8 Å². The molecule has 1 aromatic heterocycles. The number of methoxy groups -OCH3 is 1. The summed E-state index contributed by atoms with van der Waals surface area (Å²) in [5.41, 5.74) is 2.34. The number of aromatic nitrogens is 1. The van der Waals surface area contributed by atoms with E-state index in [-0.39, 0.29) is 5.75 Å². The molecular weight excluding hydrogens is 286 g/mol. The summed E-state index contributed by atoms with van der Waals surface area (Å²) in [5, 5.41) is 13.2. The summed E-state index contributed by atoms with van der Waals surface area (Å²) < 4.78 is 5.52. The number of nitrogens with zero attached hydrogens (tertiary/aromatic N) is 1. The molecule has 0 bridgehead atoms. The molecule has 4 rings (SSSR count). The lowest BCUT2D eigenvalue weighted by atomic mass is 10.0. The monoisotopic (exact) mass is 301 g/mol. The van der Waals surface area contributed by atoms with Gasteiger partial charge in [0.05, 0.1) is 23.7 Å². The van der Waals surface area contributed by atoms with Crippen molar-refractivity contribution in [1.82, 2.24) is 4.98 Å². The van der Waals surface area contributed by atoms with Crippen molar-refractivity contribution >= 4 is 21.7 Å². The summed E-state index contributed by atoms with van der Waals surface area (Å²) in [7, 11) is 1.67. The van der Waals surface area contributed by atoms with Gasteiger partial charge in [-0.25, -0.2) is 4.98 Å². The topological polar surface area (TPSA) is 42.4 Å². The van der Waals surface area contributed by atoms with E-state index < -0.39 is 0 Å². The maximum atomic E-state index is 10.1. The standard InChI is InChI=1S/C20H15NO2/c1-23-18-8-4-5-13-9-10-14-11-12-16(21-20(14)19(13)18)15-6-2-3-7-17(15)22/h2-12,22H,1H3. The Morgan fingerprint density at radius 2 is 1.61 bits per heavy atom. The van der Waals surface area contributed by atoms with E-state index in [2.05, 4.69) is 12.1 Å². The van der Waals surface area contributed by atoms with Crippen LogP contribution in [0, 0.1) is 0 Å². The summed E-state index contributed by atoms with van der Waals surface area (Å²) in [6, 6.07) is 21.3. The second-order valence-corrected chi connectivity index (χ2v) is 5.41. The van der Waals surface area contributed by atoms with Crippen LogP contribution in [0.15, 0.2) is 66.7 Å². The van der Waals surface area contributed by atoms with Crippen molar-refractivity contribution in [1.29, 1.82) is 0 Å². The average Bonchev–Trinajstić information content (AvgIpc) is 2.61. The Morgan fingerprint density at radius 1 is 0.826 bits per heavy atom. The van der Waals surface area contributed by atoms with Gasteiger partial charge in [0.1, 0.15) is 11.5 Å². The van der Waals surface area contributed by atoms with E-state index in [0.29, 0.717) is 0 Å². The Balaban J connectivity index is 2.08. The van der Waals surface area contributed by atoms with Crippen LogP contribution in [-0.4, -0.2) is 17.2 Å². The fourth-order valence-electron chi connectivity index (χ4n) is 2.93. The van der Waals surface area contributed by atoms with Crippen molar-refractivity contribution in [2.24, 2.45) is 0 Å². The number of hydrogen-bond donors (Lipinski definition) is 1. The lowest BCUT2D eigenvalue weighted by Gasteiger charge is -2.10. The molecule has 0 fully saturated rings. The number of hydrogen-bond acceptors (Lipinski definition) is 3. The van der Waals surface area contributed by atoms with Crippen LogP contribution in [0.2, 0.25) is 0 Å². The smallest absolute Gasteiger partial charge is 0.128 e. The minimum Gasteiger partial charge on any atom is -0.507 e. The van der Waals surface area contributed by atoms with Crippen molar-refractivity contribution in [2.75, 3.05) is 7.11 Å². The molecule has 1 N–H and O–H groups in total. The van der Waals surface area contributed by atoms with Crippen LogP contribution in [0.3, 0.4) is 0 Å². The molecule has 0 aliphatic rings. The number of fused-ring (bicyclic) bond motifs is 3. The maximum absolute atomic E-state index is 10.1. The summed E-state index contributed by atoms with van der Waals surface area (Å²) in [5.74, 6) is 1.03. The van der Waals surface area contributed by atoms with E-state index in [0.717, 1.165) is 38.7 Å². The molecule has 0 amide bonds. The van der Waals surface area contributed by atoms with Crippen LogP contribution in [0.25, 0.3) is 32.9 Å². The van der Waals surface area contributed by atoms with E-state index in [1.54, 1.807) is 19.2 Å². The first kappa shape index (κ1) is 13.6. The molecule has 0 saturated heterocycles. The number of pyridine rings is 1. The molecule has 1 heterocycles. The molecule has 0 aliphatic carbocycles. The van der Waals surface area contributed by atoms with Crippen LogP contribution < -0.4 is 4.74 Å². The zero-order valence-electron chi connectivity index (χ0n) is 12.7. The van der Waals surface area contributed by atoms with Crippen LogP contribution in [0.1, 0.15) is 0 Å². The van der Waals surface area contributed by atoms with Gasteiger partial charge in [0, 0.05) is 10.9 Å². The summed E-state index contributed by atoms with van der Waals surface area (Å²) in [4.78, 5) is 4.80. The number of phenols is 1. The SMILES string of the molecule is COc1cccc2ccc3ccc(-c4ccccc4O)nc3c12. The molecule has 0 saturated carbocycles. The second kappa shape index (κ2) is 5.29. The van der Waals surface area contributed by atoms with Crippen molar-refractivity contribution in [2.45, 2.75) is 0 Å². The number of rotatable bonds is 2. The molecule has 0 atom stereocenters. The van der Waals surface area contributed by atoms with Crippen molar-refractivity contribution in [3.05, 3.63) is 66.7 Å². The predicted molar refractivity (Wildman–Crippen MR) is 92.9 cm³/mol. The molecule has 0 aliphatic heterocycles. The molecule has 0 unspecified atom stereocenters. The molecule has 0 radical (unpaired) electrons. The van der Waals surface area contributed by atoms with Gasteiger partial charge >= 0.3 is 0 Å². The van der Waals surface area contributed by atoms with Gasteiger partial charge in [-0.05, 0) is 29.7 Å². The highest BCUT2D eigenvalue weighted by Gasteiger charge is 2.10. The Morgan fingerprint density at radius 3 is 2.43 bits per heavy atom. The molecular formula is C20H15NO2. The maximum Gasteiger partial charge on any atom is 0.128 e. The first-order valence-electron chi connectivity index (χ1n) is 7.43. The van der Waals surface area contributed by atoms with Crippen molar-refractivity contribution in [3.63, 3.8) is 0 Å². The van der Waals surface area contributed by atoms with Gasteiger partial charge in [0.15, 0.2) is 0 Å². The largest absolute Gasteiger partial charge is 0.507 e. The number of ether oxygens (including phenoxy) is 1. The fourth-order valence-corrected chi connectivity index (χ4v) is 2.93. The lowest BCUT2D eigenvalue weighted by Crippen LogP contribution is -1.90. The molecule has 112 valence electrons. The van der Waals surface area contributed by atoms with E-state index in [9.17, 15) is 5.11 Å². The van der Waals surface area contributed by atoms with E-state index in [1.807, 2.05) is 42.5 Å². The van der Waals surface area contributed by atoms with Crippen LogP contribution in [0.5, 0.6) is 11.5 Å². The summed E-state index contributed by atoms with van der Waals surface area (Å²) in [6.07, 6.45) is 0. The quantitative estimate of drug-likeness (QED) is 0.542. The predicted octanol–water partition coefficient (Wildman–Crippen LogP) is 4.77. The normalized spacial score (nSPS) is 11.0. The van der Waals surface area contributed by atoms with E-state index in [1.165, 1.54) is 0 Å². The summed E-state index contributed by atoms with van der Waals surface area (Å²) in [6.45, 7) is 0. The Bertz CT molecular complexity index is 1020. The number of aromatic hydroxyl groups is 1. The zero-order valence-corrected chi connectivity index (χ0v) is 12.7. The first-order valence-corrected chi connectivity index (χ1v) is 7.43. The minimum absolute atomic E-state index is 0.228. The molecule has 23 heavy (non-hydrogen) atoms. The third-order valence-electron chi connectivity index (χ3n) is 4.06. The fraction of sp³-hybridized carbons (Fsp3) is 0.0500. The zero-order chi connectivity index (χ0) is 15.8. The van der Waals surface area contributed by atoms with E-state index >= 15 is 0 Å². The van der Waals surface area contributed by atoms with E-state index in [4.69, 9.17) is 9.72 Å². The van der Waals surface area contributed by atoms with Crippen LogP contribution in [0.4, 0.5) is 0 Å². The second-order valence-electron chi connectivity index (χ2n) is 5.41. The van der Waals surface area contributed by atoms with Gasteiger partial charge in [-0.1, -0.05) is 42.5 Å². The molecule has 3 heteroatoms. The van der Waals surface area contributed by atoms with Crippen LogP contribution >= 0.6 is 0 Å². The molecule has 4 aromatic rings. The third kappa shape index (κ3) is 2.18. The van der Waals surface area contributed by atoms with Gasteiger partial charge in [-0.3, -0.25) is 0 Å². The first-order chi connectivity index (χ1) is 11.3. The summed E-state index contributed by atoms with van der Waals surface area (Å²) >= 11 is 0. The van der Waals surface area contributed by atoms with Gasteiger partial charge in [-0.2, -0.15) is 0 Å². The van der Waals surface area contributed by atoms with Crippen molar-refractivity contribution < 1.29 is 9.84 Å². The number of benzene rings is 3. The average molecular weight is 301 g/mol. The Kier molecular flexibility index (Phi) is 3.12.